The van der Waals surface area contributed by atoms with Gasteiger partial charge in [-0.2, -0.15) is 0 Å². The highest BCUT2D eigenvalue weighted by Crippen LogP contribution is 2.26. The maximum absolute atomic E-state index is 13.5. The number of methoxy groups -OCH3 is 1. The lowest BCUT2D eigenvalue weighted by molar-refractivity contribution is 0.398. The highest BCUT2D eigenvalue weighted by atomic mass is 19.2. The molecule has 1 aliphatic rings. The molecule has 0 saturated carbocycles. The van der Waals surface area contributed by atoms with Gasteiger partial charge in [-0.05, 0) is 65.9 Å². The Bertz CT molecular complexity index is 1020. The van der Waals surface area contributed by atoms with E-state index in [-0.39, 0.29) is 0 Å². The Morgan fingerprint density at radius 3 is 2.27 bits per heavy atom. The van der Waals surface area contributed by atoms with Crippen LogP contribution in [-0.2, 0) is 6.42 Å². The number of ether oxygens (including phenoxy) is 1. The first-order valence-electron chi connectivity index (χ1n) is 10.00. The molecule has 3 nitrogen and oxygen atoms in total. The number of benzene rings is 3. The van der Waals surface area contributed by atoms with Gasteiger partial charge in [-0.1, -0.05) is 30.3 Å². The molecule has 0 radical (unpaired) electrons. The molecule has 1 heterocycles. The molecule has 0 amide bonds. The fraction of sp³-hybridized carbons (Fsp3) is 0.200. The molecule has 0 fully saturated rings. The number of nitrogens with zero attached hydrogens (tertiary/aromatic N) is 2. The van der Waals surface area contributed by atoms with Crippen molar-refractivity contribution in [2.75, 3.05) is 25.2 Å². The van der Waals surface area contributed by atoms with E-state index in [4.69, 9.17) is 4.74 Å². The van der Waals surface area contributed by atoms with Crippen LogP contribution in [0.3, 0.4) is 0 Å². The van der Waals surface area contributed by atoms with E-state index in [2.05, 4.69) is 34.3 Å². The third-order valence-corrected chi connectivity index (χ3v) is 5.31. The molecule has 154 valence electrons. The Labute approximate surface area is 175 Å². The summed E-state index contributed by atoms with van der Waals surface area (Å²) in [6.07, 6.45) is 6.27. The van der Waals surface area contributed by atoms with Crippen LogP contribution in [0.2, 0.25) is 0 Å². The van der Waals surface area contributed by atoms with Gasteiger partial charge in [0.15, 0.2) is 11.6 Å². The summed E-state index contributed by atoms with van der Waals surface area (Å²) in [4.78, 5) is 4.45. The summed E-state index contributed by atoms with van der Waals surface area (Å²) in [5, 5.41) is 0. The second-order valence-electron chi connectivity index (χ2n) is 7.35. The first-order valence-corrected chi connectivity index (χ1v) is 10.00. The average molecular weight is 406 g/mol. The third kappa shape index (κ3) is 4.62. The summed E-state index contributed by atoms with van der Waals surface area (Å²) >= 11 is 0. The van der Waals surface area contributed by atoms with Crippen molar-refractivity contribution in [2.45, 2.75) is 12.8 Å². The van der Waals surface area contributed by atoms with Crippen molar-refractivity contribution in [3.63, 3.8) is 0 Å². The number of rotatable bonds is 7. The van der Waals surface area contributed by atoms with Crippen molar-refractivity contribution in [1.82, 2.24) is 4.90 Å². The third-order valence-electron chi connectivity index (χ3n) is 5.31. The molecule has 0 bridgehead atoms. The van der Waals surface area contributed by atoms with Gasteiger partial charge in [0.2, 0.25) is 0 Å². The SMILES string of the molecule is COc1ccc(CCCN2C=CN(c3ccc(-c4ccc(F)c(F)c4)cc3)C2)cc1. The molecule has 3 aromatic rings. The Hall–Kier alpha value is -3.34. The van der Waals surface area contributed by atoms with E-state index in [1.807, 2.05) is 36.4 Å². The first-order chi connectivity index (χ1) is 14.6. The van der Waals surface area contributed by atoms with E-state index >= 15 is 0 Å². The lowest BCUT2D eigenvalue weighted by Crippen LogP contribution is -2.25. The Kier molecular flexibility index (Phi) is 5.98. The zero-order chi connectivity index (χ0) is 20.9. The molecule has 0 spiro atoms. The fourth-order valence-electron chi connectivity index (χ4n) is 3.58. The standard InChI is InChI=1S/C25H24F2N2O/c1-30-23-11-4-19(5-12-23)3-2-14-28-15-16-29(18-28)22-9-6-20(7-10-22)21-8-13-24(26)25(27)17-21/h4-13,15-17H,2-3,14,18H2,1H3. The minimum atomic E-state index is -0.829. The molecule has 0 aromatic heterocycles. The minimum absolute atomic E-state index is 0.664. The molecule has 0 atom stereocenters. The molecule has 1 aliphatic heterocycles. The predicted molar refractivity (Wildman–Crippen MR) is 116 cm³/mol. The number of aryl methyl sites for hydroxylation is 1. The van der Waals surface area contributed by atoms with Crippen molar-refractivity contribution >= 4 is 5.69 Å². The lowest BCUT2D eigenvalue weighted by atomic mass is 10.1. The van der Waals surface area contributed by atoms with E-state index < -0.39 is 11.6 Å². The van der Waals surface area contributed by atoms with Crippen LogP contribution in [0.25, 0.3) is 11.1 Å². The lowest BCUT2D eigenvalue weighted by Gasteiger charge is -2.21. The monoisotopic (exact) mass is 406 g/mol. The van der Waals surface area contributed by atoms with Crippen LogP contribution in [0, 0.1) is 11.6 Å². The van der Waals surface area contributed by atoms with Gasteiger partial charge in [0.1, 0.15) is 5.75 Å². The quantitative estimate of drug-likeness (QED) is 0.491. The zero-order valence-corrected chi connectivity index (χ0v) is 16.9. The van der Waals surface area contributed by atoms with Crippen LogP contribution < -0.4 is 9.64 Å². The van der Waals surface area contributed by atoms with Crippen molar-refractivity contribution in [1.29, 1.82) is 0 Å². The molecule has 3 aromatic carbocycles. The maximum atomic E-state index is 13.5. The number of anilines is 1. The maximum Gasteiger partial charge on any atom is 0.159 e. The Morgan fingerprint density at radius 2 is 1.57 bits per heavy atom. The van der Waals surface area contributed by atoms with Gasteiger partial charge < -0.3 is 14.5 Å². The van der Waals surface area contributed by atoms with E-state index in [0.717, 1.165) is 49.1 Å². The molecule has 0 unspecified atom stereocenters. The zero-order valence-electron chi connectivity index (χ0n) is 16.9. The highest BCUT2D eigenvalue weighted by molar-refractivity contribution is 5.67. The second-order valence-corrected chi connectivity index (χ2v) is 7.35. The van der Waals surface area contributed by atoms with Crippen LogP contribution >= 0.6 is 0 Å². The van der Waals surface area contributed by atoms with Crippen LogP contribution in [0.4, 0.5) is 14.5 Å². The van der Waals surface area contributed by atoms with Crippen molar-refractivity contribution < 1.29 is 13.5 Å². The number of hydrogen-bond donors (Lipinski definition) is 0. The van der Waals surface area contributed by atoms with Crippen molar-refractivity contribution in [2.24, 2.45) is 0 Å². The molecule has 0 aliphatic carbocycles. The molecule has 5 heteroatoms. The summed E-state index contributed by atoms with van der Waals surface area (Å²) in [6.45, 7) is 1.78. The molecular formula is C25H24F2N2O. The summed E-state index contributed by atoms with van der Waals surface area (Å²) < 4.78 is 31.8. The van der Waals surface area contributed by atoms with Gasteiger partial charge >= 0.3 is 0 Å². The van der Waals surface area contributed by atoms with Gasteiger partial charge in [0.25, 0.3) is 0 Å². The summed E-state index contributed by atoms with van der Waals surface area (Å²) in [5.41, 5.74) is 3.90. The summed E-state index contributed by atoms with van der Waals surface area (Å²) in [6, 6.07) is 20.1. The van der Waals surface area contributed by atoms with Crippen LogP contribution in [-0.4, -0.2) is 25.2 Å². The topological polar surface area (TPSA) is 15.7 Å². The summed E-state index contributed by atoms with van der Waals surface area (Å²) in [5.74, 6) is -0.776. The first kappa shape index (κ1) is 20.0. The average Bonchev–Trinajstić information content (AvgIpc) is 3.25. The minimum Gasteiger partial charge on any atom is -0.497 e. The van der Waals surface area contributed by atoms with Crippen molar-refractivity contribution in [3.05, 3.63) is 96.3 Å². The molecular weight excluding hydrogens is 382 g/mol. The highest BCUT2D eigenvalue weighted by Gasteiger charge is 2.14. The Balaban J connectivity index is 1.29. The van der Waals surface area contributed by atoms with Crippen LogP contribution in [0.5, 0.6) is 5.75 Å². The molecule has 30 heavy (non-hydrogen) atoms. The smallest absolute Gasteiger partial charge is 0.159 e. The predicted octanol–water partition coefficient (Wildman–Crippen LogP) is 5.82. The van der Waals surface area contributed by atoms with Gasteiger partial charge in [0, 0.05) is 24.6 Å². The largest absolute Gasteiger partial charge is 0.497 e. The van der Waals surface area contributed by atoms with Gasteiger partial charge in [0.05, 0.1) is 13.8 Å². The molecule has 0 N–H and O–H groups in total. The van der Waals surface area contributed by atoms with E-state index in [0.29, 0.717) is 5.56 Å². The second kappa shape index (κ2) is 8.99. The number of halogens is 2. The van der Waals surface area contributed by atoms with Crippen LogP contribution in [0.15, 0.2) is 79.1 Å². The van der Waals surface area contributed by atoms with Crippen LogP contribution in [0.1, 0.15) is 12.0 Å². The Morgan fingerprint density at radius 1 is 0.833 bits per heavy atom. The van der Waals surface area contributed by atoms with E-state index in [1.54, 1.807) is 13.2 Å². The fourth-order valence-corrected chi connectivity index (χ4v) is 3.58. The van der Waals surface area contributed by atoms with Gasteiger partial charge in [-0.3, -0.25) is 0 Å². The number of hydrogen-bond acceptors (Lipinski definition) is 3. The van der Waals surface area contributed by atoms with E-state index in [9.17, 15) is 8.78 Å². The van der Waals surface area contributed by atoms with Gasteiger partial charge in [-0.25, -0.2) is 8.78 Å². The van der Waals surface area contributed by atoms with Gasteiger partial charge in [-0.15, -0.1) is 0 Å². The van der Waals surface area contributed by atoms with E-state index in [1.165, 1.54) is 11.6 Å². The normalized spacial score (nSPS) is 13.2. The summed E-state index contributed by atoms with van der Waals surface area (Å²) in [7, 11) is 1.68. The molecule has 0 saturated heterocycles. The molecule has 4 rings (SSSR count). The van der Waals surface area contributed by atoms with Crippen molar-refractivity contribution in [3.8, 4) is 16.9 Å².